The van der Waals surface area contributed by atoms with Crippen LogP contribution >= 0.6 is 23.2 Å². The zero-order valence-electron chi connectivity index (χ0n) is 12.0. The third-order valence-corrected chi connectivity index (χ3v) is 3.44. The molecule has 0 radical (unpaired) electrons. The van der Waals surface area contributed by atoms with Crippen LogP contribution in [0.4, 0.5) is 11.4 Å². The lowest BCUT2D eigenvalue weighted by Gasteiger charge is -2.09. The Labute approximate surface area is 142 Å². The second-order valence-corrected chi connectivity index (χ2v) is 5.29. The largest absolute Gasteiger partial charge is 0.487 e. The van der Waals surface area contributed by atoms with E-state index >= 15 is 0 Å². The van der Waals surface area contributed by atoms with E-state index in [1.165, 1.54) is 18.2 Å². The van der Waals surface area contributed by atoms with Crippen LogP contribution in [0.2, 0.25) is 10.0 Å². The first-order valence-electron chi connectivity index (χ1n) is 6.60. The molecule has 1 N–H and O–H groups in total. The molecule has 0 atom stereocenters. The number of hydrogen-bond acceptors (Lipinski definition) is 4. The maximum Gasteiger partial charge on any atom is 0.311 e. The molecule has 2 rings (SSSR count). The highest BCUT2D eigenvalue weighted by molar-refractivity contribution is 6.36. The van der Waals surface area contributed by atoms with Crippen molar-refractivity contribution >= 4 is 40.5 Å². The second kappa shape index (κ2) is 7.30. The number of carbonyl (C=O) groups excluding carboxylic acids is 1. The number of halogens is 2. The van der Waals surface area contributed by atoms with Crippen LogP contribution in [0.1, 0.15) is 17.3 Å². The molecule has 0 saturated heterocycles. The van der Waals surface area contributed by atoms with E-state index < -0.39 is 10.8 Å². The lowest BCUT2D eigenvalue weighted by Crippen LogP contribution is -2.12. The molecule has 0 spiro atoms. The van der Waals surface area contributed by atoms with Gasteiger partial charge in [0.25, 0.3) is 5.91 Å². The standard InChI is InChI=1S/C15H12Cl2N2O4/c1-2-23-14-6-3-9(7-13(14)19(21)22)15(20)18-12-5-4-10(16)8-11(12)17/h3-8H,2H2,1H3,(H,18,20). The van der Waals surface area contributed by atoms with Gasteiger partial charge in [0.05, 0.1) is 22.2 Å². The van der Waals surface area contributed by atoms with E-state index in [1.54, 1.807) is 19.1 Å². The van der Waals surface area contributed by atoms with Crippen molar-refractivity contribution in [2.75, 3.05) is 11.9 Å². The number of carbonyl (C=O) groups is 1. The number of anilines is 1. The molecule has 23 heavy (non-hydrogen) atoms. The van der Waals surface area contributed by atoms with E-state index in [0.29, 0.717) is 10.7 Å². The minimum atomic E-state index is -0.600. The normalized spacial score (nSPS) is 10.2. The number of rotatable bonds is 5. The molecule has 0 heterocycles. The Morgan fingerprint density at radius 1 is 1.26 bits per heavy atom. The van der Waals surface area contributed by atoms with Gasteiger partial charge in [0.1, 0.15) is 0 Å². The minimum absolute atomic E-state index is 0.110. The fourth-order valence-corrected chi connectivity index (χ4v) is 2.32. The van der Waals surface area contributed by atoms with E-state index in [9.17, 15) is 14.9 Å². The maximum absolute atomic E-state index is 12.2. The summed E-state index contributed by atoms with van der Waals surface area (Å²) < 4.78 is 5.17. The zero-order chi connectivity index (χ0) is 17.0. The van der Waals surface area contributed by atoms with Crippen LogP contribution in [0.5, 0.6) is 5.75 Å². The third kappa shape index (κ3) is 4.12. The van der Waals surface area contributed by atoms with Crippen LogP contribution in [0.25, 0.3) is 0 Å². The number of benzene rings is 2. The quantitative estimate of drug-likeness (QED) is 0.630. The Morgan fingerprint density at radius 3 is 2.61 bits per heavy atom. The monoisotopic (exact) mass is 354 g/mol. The van der Waals surface area contributed by atoms with Gasteiger partial charge in [-0.25, -0.2) is 0 Å². The lowest BCUT2D eigenvalue weighted by molar-refractivity contribution is -0.385. The van der Waals surface area contributed by atoms with Crippen LogP contribution in [-0.4, -0.2) is 17.4 Å². The van der Waals surface area contributed by atoms with Gasteiger partial charge in [0.15, 0.2) is 5.75 Å². The average Bonchev–Trinajstić information content (AvgIpc) is 2.50. The van der Waals surface area contributed by atoms with Crippen LogP contribution in [-0.2, 0) is 0 Å². The summed E-state index contributed by atoms with van der Waals surface area (Å²) in [5.74, 6) is -0.418. The number of nitrogens with one attached hydrogen (secondary N) is 1. The number of ether oxygens (including phenoxy) is 1. The summed E-state index contributed by atoms with van der Waals surface area (Å²) in [6.07, 6.45) is 0. The molecule has 6 nitrogen and oxygen atoms in total. The second-order valence-electron chi connectivity index (χ2n) is 4.45. The van der Waals surface area contributed by atoms with Gasteiger partial charge in [0.2, 0.25) is 0 Å². The smallest absolute Gasteiger partial charge is 0.311 e. The molecule has 0 saturated carbocycles. The van der Waals surface area contributed by atoms with Crippen molar-refractivity contribution < 1.29 is 14.5 Å². The predicted molar refractivity (Wildman–Crippen MR) is 88.7 cm³/mol. The van der Waals surface area contributed by atoms with Crippen molar-refractivity contribution in [2.45, 2.75) is 6.92 Å². The molecule has 120 valence electrons. The van der Waals surface area contributed by atoms with Gasteiger partial charge in [-0.2, -0.15) is 0 Å². The number of nitro groups is 1. The van der Waals surface area contributed by atoms with E-state index in [4.69, 9.17) is 27.9 Å². The molecule has 8 heteroatoms. The van der Waals surface area contributed by atoms with Crippen molar-refractivity contribution in [3.8, 4) is 5.75 Å². The van der Waals surface area contributed by atoms with E-state index in [0.717, 1.165) is 6.07 Å². The van der Waals surface area contributed by atoms with Gasteiger partial charge in [-0.1, -0.05) is 23.2 Å². The van der Waals surface area contributed by atoms with E-state index in [-0.39, 0.29) is 28.6 Å². The molecule has 1 amide bonds. The van der Waals surface area contributed by atoms with Gasteiger partial charge < -0.3 is 10.1 Å². The Morgan fingerprint density at radius 2 is 2.00 bits per heavy atom. The molecule has 0 unspecified atom stereocenters. The molecule has 2 aromatic carbocycles. The number of nitrogens with zero attached hydrogens (tertiary/aromatic N) is 1. The lowest BCUT2D eigenvalue weighted by atomic mass is 10.1. The Bertz CT molecular complexity index is 765. The summed E-state index contributed by atoms with van der Waals surface area (Å²) in [5.41, 5.74) is 0.200. The summed E-state index contributed by atoms with van der Waals surface area (Å²) in [4.78, 5) is 22.7. The van der Waals surface area contributed by atoms with Crippen molar-refractivity contribution in [2.24, 2.45) is 0 Å². The molecule has 0 fully saturated rings. The van der Waals surface area contributed by atoms with Crippen molar-refractivity contribution in [1.29, 1.82) is 0 Å². The first kappa shape index (κ1) is 17.1. The van der Waals surface area contributed by atoms with Crippen LogP contribution in [0, 0.1) is 10.1 Å². The highest BCUT2D eigenvalue weighted by Crippen LogP contribution is 2.29. The number of amides is 1. The average molecular weight is 355 g/mol. The zero-order valence-corrected chi connectivity index (χ0v) is 13.5. The highest BCUT2D eigenvalue weighted by atomic mass is 35.5. The highest BCUT2D eigenvalue weighted by Gasteiger charge is 2.19. The van der Waals surface area contributed by atoms with Gasteiger partial charge in [0, 0.05) is 16.7 Å². The fraction of sp³-hybridized carbons (Fsp3) is 0.133. The van der Waals surface area contributed by atoms with Crippen molar-refractivity contribution in [3.63, 3.8) is 0 Å². The molecule has 0 aliphatic rings. The molecule has 0 bridgehead atoms. The van der Waals surface area contributed by atoms with Crippen molar-refractivity contribution in [3.05, 3.63) is 62.1 Å². The van der Waals surface area contributed by atoms with Gasteiger partial charge in [-0.05, 0) is 37.3 Å². The number of nitro benzene ring substituents is 1. The topological polar surface area (TPSA) is 81.5 Å². The van der Waals surface area contributed by atoms with Crippen LogP contribution in [0.3, 0.4) is 0 Å². The number of hydrogen-bond donors (Lipinski definition) is 1. The summed E-state index contributed by atoms with van der Waals surface area (Å²) >= 11 is 11.8. The first-order chi connectivity index (χ1) is 10.9. The Balaban J connectivity index is 2.28. The molecular weight excluding hydrogens is 343 g/mol. The van der Waals surface area contributed by atoms with E-state index in [1.807, 2.05) is 0 Å². The molecule has 0 aliphatic carbocycles. The van der Waals surface area contributed by atoms with Crippen LogP contribution < -0.4 is 10.1 Å². The summed E-state index contributed by atoms with van der Waals surface area (Å²) in [6, 6.07) is 8.59. The fourth-order valence-electron chi connectivity index (χ4n) is 1.86. The van der Waals surface area contributed by atoms with Gasteiger partial charge >= 0.3 is 5.69 Å². The van der Waals surface area contributed by atoms with Gasteiger partial charge in [-0.15, -0.1) is 0 Å². The molecule has 0 aliphatic heterocycles. The minimum Gasteiger partial charge on any atom is -0.487 e. The first-order valence-corrected chi connectivity index (χ1v) is 7.35. The third-order valence-electron chi connectivity index (χ3n) is 2.90. The SMILES string of the molecule is CCOc1ccc(C(=O)Nc2ccc(Cl)cc2Cl)cc1[N+](=O)[O-]. The molecule has 0 aromatic heterocycles. The molecular formula is C15H12Cl2N2O4. The Hall–Kier alpha value is -2.31. The summed E-state index contributed by atoms with van der Waals surface area (Å²) in [6.45, 7) is 2.00. The van der Waals surface area contributed by atoms with Crippen molar-refractivity contribution in [1.82, 2.24) is 0 Å². The Kier molecular flexibility index (Phi) is 5.41. The molecule has 2 aromatic rings. The van der Waals surface area contributed by atoms with Gasteiger partial charge in [-0.3, -0.25) is 14.9 Å². The maximum atomic E-state index is 12.2. The van der Waals surface area contributed by atoms with Crippen LogP contribution in [0.15, 0.2) is 36.4 Å². The predicted octanol–water partition coefficient (Wildman–Crippen LogP) is 4.55. The summed E-state index contributed by atoms with van der Waals surface area (Å²) in [7, 11) is 0. The summed E-state index contributed by atoms with van der Waals surface area (Å²) in [5, 5.41) is 14.4. The van der Waals surface area contributed by atoms with E-state index in [2.05, 4.69) is 5.32 Å².